The summed E-state index contributed by atoms with van der Waals surface area (Å²) >= 11 is 7.63. The van der Waals surface area contributed by atoms with Gasteiger partial charge >= 0.3 is 0 Å². The van der Waals surface area contributed by atoms with Gasteiger partial charge in [0, 0.05) is 0 Å². The van der Waals surface area contributed by atoms with Crippen LogP contribution in [0.15, 0.2) is 34.7 Å². The molecule has 0 saturated heterocycles. The molecule has 24 heavy (non-hydrogen) atoms. The highest BCUT2D eigenvalue weighted by molar-refractivity contribution is 7.12. The Labute approximate surface area is 150 Å². The Kier molecular flexibility index (Phi) is 7.08. The molecule has 0 aliphatic heterocycles. The number of thiophene rings is 1. The predicted molar refractivity (Wildman–Crippen MR) is 97.8 cm³/mol. The number of hydrazone groups is 1. The number of rotatable bonds is 8. The Morgan fingerprint density at radius 2 is 2.21 bits per heavy atom. The zero-order chi connectivity index (χ0) is 17.4. The Hall–Kier alpha value is -2.05. The van der Waals surface area contributed by atoms with Crippen molar-refractivity contribution in [2.45, 2.75) is 20.3 Å². The number of carbonyl (C=O) groups is 1. The number of amides is 1. The molecule has 0 bridgehead atoms. The van der Waals surface area contributed by atoms with Crippen LogP contribution in [-0.2, 0) is 0 Å². The van der Waals surface area contributed by atoms with E-state index in [0.29, 0.717) is 40.2 Å². The molecule has 0 aliphatic carbocycles. The standard InChI is InChI=1S/C17H19ClN2O3S/c1-3-7-23-16-13(18)9-12(10-14(16)22-4-2)11-19-20-17(21)15-6-5-8-24-15/h5-6,8-11H,3-4,7H2,1-2H3,(H,20,21)/b19-11-. The first-order valence-electron chi connectivity index (χ1n) is 7.61. The summed E-state index contributed by atoms with van der Waals surface area (Å²) in [4.78, 5) is 12.4. The van der Waals surface area contributed by atoms with Gasteiger partial charge in [-0.1, -0.05) is 24.6 Å². The molecule has 0 unspecified atom stereocenters. The lowest BCUT2D eigenvalue weighted by Gasteiger charge is -2.13. The highest BCUT2D eigenvalue weighted by Gasteiger charge is 2.12. The van der Waals surface area contributed by atoms with Gasteiger partial charge in [-0.25, -0.2) is 5.43 Å². The zero-order valence-electron chi connectivity index (χ0n) is 13.5. The normalized spacial score (nSPS) is 10.8. The fourth-order valence-corrected chi connectivity index (χ4v) is 2.79. The topological polar surface area (TPSA) is 59.9 Å². The lowest BCUT2D eigenvalue weighted by Crippen LogP contribution is -2.16. The molecule has 0 radical (unpaired) electrons. The second-order valence-electron chi connectivity index (χ2n) is 4.79. The molecule has 128 valence electrons. The molecule has 7 heteroatoms. The average Bonchev–Trinajstić information content (AvgIpc) is 3.09. The van der Waals surface area contributed by atoms with Crippen molar-refractivity contribution < 1.29 is 14.3 Å². The molecule has 0 saturated carbocycles. The van der Waals surface area contributed by atoms with Gasteiger partial charge in [0.25, 0.3) is 5.91 Å². The monoisotopic (exact) mass is 366 g/mol. The molecule has 1 amide bonds. The van der Waals surface area contributed by atoms with E-state index in [9.17, 15) is 4.79 Å². The molecule has 0 spiro atoms. The van der Waals surface area contributed by atoms with Crippen LogP contribution in [0.25, 0.3) is 0 Å². The quantitative estimate of drug-likeness (QED) is 0.558. The summed E-state index contributed by atoms with van der Waals surface area (Å²) in [6.45, 7) is 4.96. The maximum atomic E-state index is 11.8. The third-order valence-electron chi connectivity index (χ3n) is 2.91. The van der Waals surface area contributed by atoms with Gasteiger partial charge in [0.05, 0.1) is 29.3 Å². The number of ether oxygens (including phenoxy) is 2. The maximum absolute atomic E-state index is 11.8. The Morgan fingerprint density at radius 3 is 2.88 bits per heavy atom. The van der Waals surface area contributed by atoms with E-state index >= 15 is 0 Å². The van der Waals surface area contributed by atoms with Crippen molar-refractivity contribution in [3.05, 3.63) is 45.1 Å². The van der Waals surface area contributed by atoms with E-state index < -0.39 is 0 Å². The largest absolute Gasteiger partial charge is 0.490 e. The number of nitrogens with zero attached hydrogens (tertiary/aromatic N) is 1. The van der Waals surface area contributed by atoms with Crippen molar-refractivity contribution >= 4 is 35.1 Å². The van der Waals surface area contributed by atoms with E-state index in [1.807, 2.05) is 25.3 Å². The molecule has 1 heterocycles. The first-order chi connectivity index (χ1) is 11.7. The number of carbonyl (C=O) groups excluding carboxylic acids is 1. The fraction of sp³-hybridized carbons (Fsp3) is 0.294. The Morgan fingerprint density at radius 1 is 1.38 bits per heavy atom. The van der Waals surface area contributed by atoms with Gasteiger partial charge in [0.1, 0.15) is 0 Å². The first-order valence-corrected chi connectivity index (χ1v) is 8.87. The summed E-state index contributed by atoms with van der Waals surface area (Å²) in [5.74, 6) is 0.838. The fourth-order valence-electron chi connectivity index (χ4n) is 1.90. The number of halogens is 1. The van der Waals surface area contributed by atoms with Crippen LogP contribution in [0, 0.1) is 0 Å². The minimum atomic E-state index is -0.250. The van der Waals surface area contributed by atoms with Crippen LogP contribution in [0.3, 0.4) is 0 Å². The van der Waals surface area contributed by atoms with Crippen molar-refractivity contribution in [2.75, 3.05) is 13.2 Å². The molecule has 2 aromatic rings. The average molecular weight is 367 g/mol. The van der Waals surface area contributed by atoms with Crippen molar-refractivity contribution in [1.29, 1.82) is 0 Å². The molecule has 1 N–H and O–H groups in total. The number of hydrogen-bond acceptors (Lipinski definition) is 5. The summed E-state index contributed by atoms with van der Waals surface area (Å²) in [6, 6.07) is 7.04. The Balaban J connectivity index is 2.12. The summed E-state index contributed by atoms with van der Waals surface area (Å²) in [5.41, 5.74) is 3.19. The van der Waals surface area contributed by atoms with Crippen LogP contribution in [0.1, 0.15) is 35.5 Å². The smallest absolute Gasteiger partial charge is 0.281 e. The SMILES string of the molecule is CCCOc1c(Cl)cc(/C=N\NC(=O)c2cccs2)cc1OCC. The van der Waals surface area contributed by atoms with Gasteiger partial charge in [0.2, 0.25) is 0 Å². The second kappa shape index (κ2) is 9.30. The van der Waals surface area contributed by atoms with Crippen molar-refractivity contribution in [1.82, 2.24) is 5.43 Å². The van der Waals surface area contributed by atoms with Crippen LogP contribution in [0.5, 0.6) is 11.5 Å². The summed E-state index contributed by atoms with van der Waals surface area (Å²) in [7, 11) is 0. The van der Waals surface area contributed by atoms with Crippen LogP contribution < -0.4 is 14.9 Å². The molecule has 1 aromatic carbocycles. The second-order valence-corrected chi connectivity index (χ2v) is 6.14. The molecular weight excluding hydrogens is 348 g/mol. The highest BCUT2D eigenvalue weighted by Crippen LogP contribution is 2.36. The maximum Gasteiger partial charge on any atom is 0.281 e. The van der Waals surface area contributed by atoms with Gasteiger partial charge < -0.3 is 9.47 Å². The minimum absolute atomic E-state index is 0.250. The van der Waals surface area contributed by atoms with E-state index in [2.05, 4.69) is 10.5 Å². The van der Waals surface area contributed by atoms with Gasteiger partial charge in [-0.3, -0.25) is 4.79 Å². The predicted octanol–water partition coefficient (Wildman–Crippen LogP) is 4.35. The molecule has 5 nitrogen and oxygen atoms in total. The van der Waals surface area contributed by atoms with E-state index in [0.717, 1.165) is 6.42 Å². The van der Waals surface area contributed by atoms with Gasteiger partial charge in [-0.05, 0) is 42.5 Å². The molecule has 0 fully saturated rings. The van der Waals surface area contributed by atoms with E-state index in [1.54, 1.807) is 18.2 Å². The third kappa shape index (κ3) is 4.97. The summed E-state index contributed by atoms with van der Waals surface area (Å²) in [5, 5.41) is 6.24. The molecule has 0 atom stereocenters. The molecular formula is C17H19ClN2O3S. The van der Waals surface area contributed by atoms with Crippen LogP contribution in [0.2, 0.25) is 5.02 Å². The number of benzene rings is 1. The molecule has 1 aromatic heterocycles. The summed E-state index contributed by atoms with van der Waals surface area (Å²) < 4.78 is 11.2. The molecule has 0 aliphatic rings. The van der Waals surface area contributed by atoms with E-state index in [1.165, 1.54) is 17.6 Å². The van der Waals surface area contributed by atoms with Crippen molar-refractivity contribution in [3.8, 4) is 11.5 Å². The lowest BCUT2D eigenvalue weighted by molar-refractivity contribution is 0.0959. The first kappa shape index (κ1) is 18.3. The van der Waals surface area contributed by atoms with E-state index in [4.69, 9.17) is 21.1 Å². The number of hydrogen-bond donors (Lipinski definition) is 1. The lowest BCUT2D eigenvalue weighted by atomic mass is 10.2. The zero-order valence-corrected chi connectivity index (χ0v) is 15.1. The highest BCUT2D eigenvalue weighted by atomic mass is 35.5. The van der Waals surface area contributed by atoms with Crippen LogP contribution in [-0.4, -0.2) is 25.3 Å². The summed E-state index contributed by atoms with van der Waals surface area (Å²) in [6.07, 6.45) is 2.39. The third-order valence-corrected chi connectivity index (χ3v) is 4.06. The van der Waals surface area contributed by atoms with Gasteiger partial charge in [-0.15, -0.1) is 11.3 Å². The van der Waals surface area contributed by atoms with Crippen LogP contribution in [0.4, 0.5) is 0 Å². The van der Waals surface area contributed by atoms with Gasteiger partial charge in [-0.2, -0.15) is 5.10 Å². The number of nitrogens with one attached hydrogen (secondary N) is 1. The van der Waals surface area contributed by atoms with Crippen LogP contribution >= 0.6 is 22.9 Å². The molecule has 2 rings (SSSR count). The van der Waals surface area contributed by atoms with Gasteiger partial charge in [0.15, 0.2) is 11.5 Å². The van der Waals surface area contributed by atoms with E-state index in [-0.39, 0.29) is 5.91 Å². The Bertz CT molecular complexity index is 702. The minimum Gasteiger partial charge on any atom is -0.490 e. The van der Waals surface area contributed by atoms with Crippen molar-refractivity contribution in [2.24, 2.45) is 5.10 Å². The van der Waals surface area contributed by atoms with Crippen molar-refractivity contribution in [3.63, 3.8) is 0 Å².